The maximum atomic E-state index is 13.4. The van der Waals surface area contributed by atoms with Crippen LogP contribution in [0.5, 0.6) is 0 Å². The summed E-state index contributed by atoms with van der Waals surface area (Å²) in [5, 5.41) is 12.4. The minimum absolute atomic E-state index is 0.261. The third kappa shape index (κ3) is 7.21. The Kier molecular flexibility index (Phi) is 9.26. The second-order valence-electron chi connectivity index (χ2n) is 9.54. The average Bonchev–Trinajstić information content (AvgIpc) is 3.00. The van der Waals surface area contributed by atoms with Gasteiger partial charge in [-0.15, -0.1) is 0 Å². The topological polar surface area (TPSA) is 79.2 Å². The maximum absolute atomic E-state index is 13.4. The number of aryl methyl sites for hydroxylation is 1. The summed E-state index contributed by atoms with van der Waals surface area (Å²) in [5.41, 5.74) is 6.25. The van der Waals surface area contributed by atoms with E-state index in [-0.39, 0.29) is 5.91 Å². The molecule has 5 nitrogen and oxygen atoms in total. The number of amides is 1. The molecule has 39 heavy (non-hydrogen) atoms. The molecule has 0 heterocycles. The molecule has 0 saturated carbocycles. The molecule has 4 rings (SSSR count). The zero-order valence-electron chi connectivity index (χ0n) is 22.3. The standard InChI is InChI=1S/C34H32N2O3/c1-3-24-12-14-28(15-13-24)29-16-18-30(19-17-29)33(37)36-32(22-25-8-5-4-6-9-25)31(34(38)39-2)21-26-10-7-11-27(20-26)23-35/h4-20,31-32H,3,21-22H2,1-2H3,(H,36,37). The summed E-state index contributed by atoms with van der Waals surface area (Å²) in [7, 11) is 1.36. The lowest BCUT2D eigenvalue weighted by Gasteiger charge is -2.27. The Morgan fingerprint density at radius 3 is 2.05 bits per heavy atom. The van der Waals surface area contributed by atoms with Gasteiger partial charge in [0.1, 0.15) is 0 Å². The van der Waals surface area contributed by atoms with E-state index in [2.05, 4.69) is 42.6 Å². The monoisotopic (exact) mass is 516 g/mol. The van der Waals surface area contributed by atoms with Crippen LogP contribution in [0.15, 0.2) is 103 Å². The Bertz CT molecular complexity index is 1440. The Balaban J connectivity index is 1.59. The molecule has 5 heteroatoms. The van der Waals surface area contributed by atoms with Gasteiger partial charge in [-0.05, 0) is 71.3 Å². The zero-order chi connectivity index (χ0) is 27.6. The van der Waals surface area contributed by atoms with Crippen LogP contribution < -0.4 is 5.32 Å². The molecule has 2 unspecified atom stereocenters. The van der Waals surface area contributed by atoms with Gasteiger partial charge in [0.05, 0.1) is 24.7 Å². The highest BCUT2D eigenvalue weighted by atomic mass is 16.5. The number of methoxy groups -OCH3 is 1. The smallest absolute Gasteiger partial charge is 0.311 e. The second kappa shape index (κ2) is 13.2. The molecule has 4 aromatic carbocycles. The lowest BCUT2D eigenvalue weighted by Crippen LogP contribution is -2.46. The van der Waals surface area contributed by atoms with Crippen LogP contribution in [-0.4, -0.2) is 25.0 Å². The number of rotatable bonds is 10. The van der Waals surface area contributed by atoms with Crippen LogP contribution in [0.3, 0.4) is 0 Å². The molecule has 0 radical (unpaired) electrons. The Hall–Kier alpha value is -4.69. The van der Waals surface area contributed by atoms with E-state index >= 15 is 0 Å². The van der Waals surface area contributed by atoms with Crippen molar-refractivity contribution in [2.24, 2.45) is 5.92 Å². The lowest BCUT2D eigenvalue weighted by atomic mass is 9.87. The number of ether oxygens (including phenoxy) is 1. The Morgan fingerprint density at radius 2 is 1.44 bits per heavy atom. The van der Waals surface area contributed by atoms with Crippen LogP contribution in [0.2, 0.25) is 0 Å². The second-order valence-corrected chi connectivity index (χ2v) is 9.54. The predicted octanol–water partition coefficient (Wildman–Crippen LogP) is 6.16. The van der Waals surface area contributed by atoms with Crippen molar-refractivity contribution >= 4 is 11.9 Å². The van der Waals surface area contributed by atoms with Gasteiger partial charge < -0.3 is 10.1 Å². The number of carbonyl (C=O) groups excluding carboxylic acids is 2. The van der Waals surface area contributed by atoms with E-state index in [4.69, 9.17) is 4.74 Å². The van der Waals surface area contributed by atoms with E-state index in [1.807, 2.05) is 60.7 Å². The van der Waals surface area contributed by atoms with Gasteiger partial charge in [0.25, 0.3) is 5.91 Å². The quantitative estimate of drug-likeness (QED) is 0.256. The van der Waals surface area contributed by atoms with Gasteiger partial charge in [-0.25, -0.2) is 0 Å². The van der Waals surface area contributed by atoms with Crippen molar-refractivity contribution in [1.29, 1.82) is 5.26 Å². The minimum Gasteiger partial charge on any atom is -0.469 e. The fourth-order valence-corrected chi connectivity index (χ4v) is 4.72. The fourth-order valence-electron chi connectivity index (χ4n) is 4.72. The van der Waals surface area contributed by atoms with Crippen LogP contribution in [0.4, 0.5) is 0 Å². The summed E-state index contributed by atoms with van der Waals surface area (Å²) in [6.07, 6.45) is 1.76. The van der Waals surface area contributed by atoms with Crippen molar-refractivity contribution in [2.75, 3.05) is 7.11 Å². The van der Waals surface area contributed by atoms with Gasteiger partial charge >= 0.3 is 5.97 Å². The van der Waals surface area contributed by atoms with Crippen LogP contribution in [0, 0.1) is 17.2 Å². The van der Waals surface area contributed by atoms with E-state index in [1.165, 1.54) is 12.7 Å². The number of nitriles is 1. The first kappa shape index (κ1) is 27.3. The SMILES string of the molecule is CCc1ccc(-c2ccc(C(=O)NC(Cc3ccccc3)C(Cc3cccc(C#N)c3)C(=O)OC)cc2)cc1. The number of benzene rings is 4. The highest BCUT2D eigenvalue weighted by molar-refractivity contribution is 5.95. The van der Waals surface area contributed by atoms with Gasteiger partial charge in [-0.1, -0.05) is 85.8 Å². The average molecular weight is 517 g/mol. The fraction of sp³-hybridized carbons (Fsp3) is 0.206. The minimum atomic E-state index is -0.649. The van der Waals surface area contributed by atoms with E-state index in [0.717, 1.165) is 28.7 Å². The summed E-state index contributed by atoms with van der Waals surface area (Å²) in [5.74, 6) is -1.32. The van der Waals surface area contributed by atoms with Gasteiger partial charge in [-0.2, -0.15) is 5.26 Å². The first-order valence-corrected chi connectivity index (χ1v) is 13.1. The maximum Gasteiger partial charge on any atom is 0.311 e. The van der Waals surface area contributed by atoms with Crippen molar-refractivity contribution in [3.05, 3.63) is 131 Å². The molecular formula is C34H32N2O3. The molecule has 0 aliphatic rings. The van der Waals surface area contributed by atoms with Gasteiger partial charge in [0.15, 0.2) is 0 Å². The third-order valence-electron chi connectivity index (χ3n) is 6.96. The molecule has 0 bridgehead atoms. The number of esters is 1. The largest absolute Gasteiger partial charge is 0.469 e. The molecule has 0 aliphatic heterocycles. The summed E-state index contributed by atoms with van der Waals surface area (Å²) < 4.78 is 5.17. The molecule has 1 N–H and O–H groups in total. The first-order valence-electron chi connectivity index (χ1n) is 13.1. The van der Waals surface area contributed by atoms with E-state index in [9.17, 15) is 14.9 Å². The van der Waals surface area contributed by atoms with Crippen molar-refractivity contribution in [3.63, 3.8) is 0 Å². The van der Waals surface area contributed by atoms with Crippen molar-refractivity contribution in [3.8, 4) is 17.2 Å². The number of carbonyl (C=O) groups is 2. The lowest BCUT2D eigenvalue weighted by molar-refractivity contribution is -0.146. The zero-order valence-corrected chi connectivity index (χ0v) is 22.3. The molecule has 2 atom stereocenters. The Labute approximate surface area is 230 Å². The highest BCUT2D eigenvalue weighted by Crippen LogP contribution is 2.22. The molecular weight excluding hydrogens is 484 g/mol. The van der Waals surface area contributed by atoms with Gasteiger partial charge in [0, 0.05) is 11.6 Å². The highest BCUT2D eigenvalue weighted by Gasteiger charge is 2.31. The molecule has 0 fully saturated rings. The molecule has 0 saturated heterocycles. The summed E-state index contributed by atoms with van der Waals surface area (Å²) >= 11 is 0. The predicted molar refractivity (Wildman–Crippen MR) is 153 cm³/mol. The number of hydrogen-bond acceptors (Lipinski definition) is 4. The van der Waals surface area contributed by atoms with Crippen LogP contribution >= 0.6 is 0 Å². The first-order chi connectivity index (χ1) is 19.0. The molecule has 0 spiro atoms. The summed E-state index contributed by atoms with van der Waals surface area (Å²) in [6.45, 7) is 2.13. The van der Waals surface area contributed by atoms with Gasteiger partial charge in [-0.3, -0.25) is 9.59 Å². The normalized spacial score (nSPS) is 12.1. The Morgan fingerprint density at radius 1 is 0.795 bits per heavy atom. The van der Waals surface area contributed by atoms with Crippen molar-refractivity contribution in [1.82, 2.24) is 5.32 Å². The van der Waals surface area contributed by atoms with Crippen molar-refractivity contribution in [2.45, 2.75) is 32.2 Å². The van der Waals surface area contributed by atoms with E-state index in [1.54, 1.807) is 18.2 Å². The molecule has 4 aromatic rings. The molecule has 196 valence electrons. The third-order valence-corrected chi connectivity index (χ3v) is 6.96. The number of hydrogen-bond donors (Lipinski definition) is 1. The van der Waals surface area contributed by atoms with Crippen molar-refractivity contribution < 1.29 is 14.3 Å². The van der Waals surface area contributed by atoms with Gasteiger partial charge in [0.2, 0.25) is 0 Å². The van der Waals surface area contributed by atoms with Crippen LogP contribution in [-0.2, 0) is 28.8 Å². The van der Waals surface area contributed by atoms with Crippen LogP contribution in [0.1, 0.15) is 39.5 Å². The van der Waals surface area contributed by atoms with E-state index in [0.29, 0.717) is 24.0 Å². The van der Waals surface area contributed by atoms with E-state index < -0.39 is 17.9 Å². The summed E-state index contributed by atoms with van der Waals surface area (Å²) in [6, 6.07) is 34.4. The summed E-state index contributed by atoms with van der Waals surface area (Å²) in [4.78, 5) is 26.5. The number of nitrogens with one attached hydrogen (secondary N) is 1. The number of nitrogens with zero attached hydrogens (tertiary/aromatic N) is 1. The molecule has 1 amide bonds. The molecule has 0 aromatic heterocycles. The molecule has 0 aliphatic carbocycles. The van der Waals surface area contributed by atoms with Crippen LogP contribution in [0.25, 0.3) is 11.1 Å².